The zero-order valence-electron chi connectivity index (χ0n) is 15.1. The van der Waals surface area contributed by atoms with Gasteiger partial charge in [-0.1, -0.05) is 0 Å². The largest absolute Gasteiger partial charge is 0.465 e. The molecule has 27 heavy (non-hydrogen) atoms. The highest BCUT2D eigenvalue weighted by Crippen LogP contribution is 2.38. The molecule has 2 aromatic rings. The summed E-state index contributed by atoms with van der Waals surface area (Å²) in [6, 6.07) is 0. The molecule has 1 amide bonds. The quantitative estimate of drug-likeness (QED) is 0.516. The maximum Gasteiger partial charge on any atom is 0.341 e. The number of aromatic nitrogens is 2. The summed E-state index contributed by atoms with van der Waals surface area (Å²) in [7, 11) is 1.37. The third-order valence-electron chi connectivity index (χ3n) is 4.36. The van der Waals surface area contributed by atoms with Gasteiger partial charge in [-0.25, -0.2) is 4.79 Å². The number of primary amides is 1. The highest BCUT2D eigenvalue weighted by Gasteiger charge is 2.26. The molecule has 144 valence electrons. The second-order valence-corrected chi connectivity index (χ2v) is 7.61. The molecule has 0 aliphatic heterocycles. The highest BCUT2D eigenvalue weighted by molar-refractivity contribution is 7.80. The Balaban J connectivity index is 1.85. The lowest BCUT2D eigenvalue weighted by molar-refractivity contribution is 0.0601. The molecule has 0 radical (unpaired) electrons. The SMILES string of the molecule is CCn1cc(NC(=S)Nc2sc3c(c2C(=O)OC)CCCC3)c(C(N)=O)n1. The molecule has 0 atom stereocenters. The lowest BCUT2D eigenvalue weighted by Gasteiger charge is -2.12. The molecule has 0 unspecified atom stereocenters. The molecular weight excluding hydrogens is 386 g/mol. The number of carbonyl (C=O) groups excluding carboxylic acids is 2. The number of thiocarbonyl (C=S) groups is 1. The number of rotatable bonds is 5. The Kier molecular flexibility index (Phi) is 5.76. The number of anilines is 2. The number of hydrogen-bond donors (Lipinski definition) is 3. The Morgan fingerprint density at radius 2 is 2.11 bits per heavy atom. The van der Waals surface area contributed by atoms with Gasteiger partial charge in [0.15, 0.2) is 10.8 Å². The van der Waals surface area contributed by atoms with Gasteiger partial charge in [-0.05, 0) is 50.4 Å². The van der Waals surface area contributed by atoms with Crippen LogP contribution in [0.5, 0.6) is 0 Å². The predicted octanol–water partition coefficient (Wildman–Crippen LogP) is 2.54. The standard InChI is InChI=1S/C17H21N5O3S2/c1-3-22-8-10(13(21-22)14(18)23)19-17(26)20-15-12(16(24)25-2)9-6-4-5-7-11(9)27-15/h8H,3-7H2,1-2H3,(H2,18,23)(H2,19,20,26). The van der Waals surface area contributed by atoms with Gasteiger partial charge in [0.1, 0.15) is 5.00 Å². The molecule has 2 heterocycles. The van der Waals surface area contributed by atoms with Gasteiger partial charge in [0, 0.05) is 17.6 Å². The summed E-state index contributed by atoms with van der Waals surface area (Å²) < 4.78 is 6.55. The van der Waals surface area contributed by atoms with E-state index in [4.69, 9.17) is 22.7 Å². The average molecular weight is 408 g/mol. The van der Waals surface area contributed by atoms with E-state index in [1.807, 2.05) is 6.92 Å². The fourth-order valence-corrected chi connectivity index (χ4v) is 4.64. The van der Waals surface area contributed by atoms with Crippen molar-refractivity contribution < 1.29 is 14.3 Å². The summed E-state index contributed by atoms with van der Waals surface area (Å²) in [4.78, 5) is 25.1. The first-order valence-electron chi connectivity index (χ1n) is 8.62. The summed E-state index contributed by atoms with van der Waals surface area (Å²) in [5, 5.41) is 11.0. The Labute approximate surface area is 166 Å². The van der Waals surface area contributed by atoms with Crippen molar-refractivity contribution in [3.05, 3.63) is 27.9 Å². The van der Waals surface area contributed by atoms with Gasteiger partial charge in [-0.3, -0.25) is 9.48 Å². The number of nitrogens with two attached hydrogens (primary N) is 1. The fraction of sp³-hybridized carbons (Fsp3) is 0.412. The summed E-state index contributed by atoms with van der Waals surface area (Å²) in [6.07, 6.45) is 5.62. The first-order chi connectivity index (χ1) is 12.9. The summed E-state index contributed by atoms with van der Waals surface area (Å²) in [6.45, 7) is 2.49. The lowest BCUT2D eigenvalue weighted by Crippen LogP contribution is -2.22. The summed E-state index contributed by atoms with van der Waals surface area (Å²) >= 11 is 6.89. The minimum absolute atomic E-state index is 0.111. The van der Waals surface area contributed by atoms with E-state index in [1.54, 1.807) is 10.9 Å². The van der Waals surface area contributed by atoms with Crippen LogP contribution in [0.2, 0.25) is 0 Å². The summed E-state index contributed by atoms with van der Waals surface area (Å²) in [5.41, 5.74) is 7.50. The number of aryl methyl sites for hydroxylation is 2. The van der Waals surface area contributed by atoms with Crippen molar-refractivity contribution in [2.45, 2.75) is 39.2 Å². The van der Waals surface area contributed by atoms with Crippen LogP contribution in [0.4, 0.5) is 10.7 Å². The number of esters is 1. The van der Waals surface area contributed by atoms with E-state index < -0.39 is 5.91 Å². The normalized spacial score (nSPS) is 13.0. The van der Waals surface area contributed by atoms with Gasteiger partial charge in [0.25, 0.3) is 5.91 Å². The molecule has 10 heteroatoms. The number of thiophene rings is 1. The van der Waals surface area contributed by atoms with Crippen LogP contribution in [-0.4, -0.2) is 33.9 Å². The number of carbonyl (C=O) groups is 2. The lowest BCUT2D eigenvalue weighted by atomic mass is 9.95. The van der Waals surface area contributed by atoms with Crippen LogP contribution in [0.15, 0.2) is 6.20 Å². The van der Waals surface area contributed by atoms with Gasteiger partial charge in [-0.15, -0.1) is 11.3 Å². The van der Waals surface area contributed by atoms with E-state index in [0.29, 0.717) is 22.8 Å². The molecule has 1 aliphatic carbocycles. The van der Waals surface area contributed by atoms with Crippen molar-refractivity contribution in [2.24, 2.45) is 5.73 Å². The first kappa shape index (κ1) is 19.3. The van der Waals surface area contributed by atoms with E-state index >= 15 is 0 Å². The van der Waals surface area contributed by atoms with E-state index in [2.05, 4.69) is 15.7 Å². The molecule has 0 fully saturated rings. The number of nitrogens with zero attached hydrogens (tertiary/aromatic N) is 2. The van der Waals surface area contributed by atoms with Crippen molar-refractivity contribution >= 4 is 51.2 Å². The van der Waals surface area contributed by atoms with Crippen LogP contribution in [0.25, 0.3) is 0 Å². The molecule has 3 rings (SSSR count). The van der Waals surface area contributed by atoms with E-state index in [9.17, 15) is 9.59 Å². The Hall–Kier alpha value is -2.46. The zero-order valence-corrected chi connectivity index (χ0v) is 16.8. The summed E-state index contributed by atoms with van der Waals surface area (Å²) in [5.74, 6) is -1.02. The zero-order chi connectivity index (χ0) is 19.6. The van der Waals surface area contributed by atoms with Crippen LogP contribution in [0, 0.1) is 0 Å². The third-order valence-corrected chi connectivity index (χ3v) is 5.77. The molecule has 8 nitrogen and oxygen atoms in total. The van der Waals surface area contributed by atoms with Gasteiger partial charge < -0.3 is 21.1 Å². The van der Waals surface area contributed by atoms with Gasteiger partial charge in [-0.2, -0.15) is 5.10 Å². The number of hydrogen-bond acceptors (Lipinski definition) is 6. The van der Waals surface area contributed by atoms with Crippen LogP contribution < -0.4 is 16.4 Å². The van der Waals surface area contributed by atoms with E-state index in [0.717, 1.165) is 31.2 Å². The topological polar surface area (TPSA) is 111 Å². The fourth-order valence-electron chi connectivity index (χ4n) is 3.09. The van der Waals surface area contributed by atoms with Crippen LogP contribution in [-0.2, 0) is 24.1 Å². The van der Waals surface area contributed by atoms with Crippen molar-refractivity contribution in [2.75, 3.05) is 17.7 Å². The van der Waals surface area contributed by atoms with Gasteiger partial charge in [0.2, 0.25) is 0 Å². The van der Waals surface area contributed by atoms with Crippen molar-refractivity contribution in [1.29, 1.82) is 0 Å². The molecule has 0 saturated heterocycles. The first-order valence-corrected chi connectivity index (χ1v) is 9.85. The van der Waals surface area contributed by atoms with Gasteiger partial charge >= 0.3 is 5.97 Å². The molecular formula is C17H21N5O3S2. The number of methoxy groups -OCH3 is 1. The second kappa shape index (κ2) is 8.05. The number of fused-ring (bicyclic) bond motifs is 1. The molecule has 0 saturated carbocycles. The van der Waals surface area contributed by atoms with E-state index in [1.165, 1.54) is 23.3 Å². The molecule has 0 bridgehead atoms. The van der Waals surface area contributed by atoms with Crippen LogP contribution >= 0.6 is 23.6 Å². The smallest absolute Gasteiger partial charge is 0.341 e. The Bertz CT molecular complexity index is 903. The molecule has 2 aromatic heterocycles. The van der Waals surface area contributed by atoms with Crippen molar-refractivity contribution in [3.8, 4) is 0 Å². The number of nitrogens with one attached hydrogen (secondary N) is 2. The second-order valence-electron chi connectivity index (χ2n) is 6.10. The molecule has 0 spiro atoms. The maximum atomic E-state index is 12.3. The average Bonchev–Trinajstić information content (AvgIpc) is 3.21. The minimum atomic E-state index is -0.644. The monoisotopic (exact) mass is 407 g/mol. The van der Waals surface area contributed by atoms with Crippen molar-refractivity contribution in [1.82, 2.24) is 9.78 Å². The molecule has 4 N–H and O–H groups in total. The van der Waals surface area contributed by atoms with Crippen molar-refractivity contribution in [3.63, 3.8) is 0 Å². The Morgan fingerprint density at radius 1 is 1.37 bits per heavy atom. The van der Waals surface area contributed by atoms with Crippen LogP contribution in [0.1, 0.15) is 51.1 Å². The highest BCUT2D eigenvalue weighted by atomic mass is 32.1. The molecule has 1 aliphatic rings. The number of ether oxygens (including phenoxy) is 1. The van der Waals surface area contributed by atoms with Gasteiger partial charge in [0.05, 0.1) is 18.4 Å². The number of amides is 1. The van der Waals surface area contributed by atoms with E-state index in [-0.39, 0.29) is 16.8 Å². The predicted molar refractivity (Wildman–Crippen MR) is 109 cm³/mol. The third kappa shape index (κ3) is 3.96. The van der Waals surface area contributed by atoms with Crippen LogP contribution in [0.3, 0.4) is 0 Å². The maximum absolute atomic E-state index is 12.3. The minimum Gasteiger partial charge on any atom is -0.465 e. The molecule has 0 aromatic carbocycles. The Morgan fingerprint density at radius 3 is 2.78 bits per heavy atom.